The Bertz CT molecular complexity index is 2070. The SMILES string of the molecule is C=C/C=C\c1coc(C2CCC(N(c3ccc(-c4ccccc4)cc3)C3CCC(c4ncc(/C=C\C=C)o4)c4ccccc43)c3ccccc32)n1. The normalized spacial score (nSPS) is 19.8. The minimum Gasteiger partial charge on any atom is -0.448 e. The Morgan fingerprint density at radius 2 is 1.18 bits per heavy atom. The number of anilines is 1. The summed E-state index contributed by atoms with van der Waals surface area (Å²) in [6.45, 7) is 7.58. The number of benzene rings is 4. The first-order valence-corrected chi connectivity index (χ1v) is 17.8. The van der Waals surface area contributed by atoms with Crippen molar-refractivity contribution < 1.29 is 8.83 Å². The summed E-state index contributed by atoms with van der Waals surface area (Å²) in [5.41, 5.74) is 9.67. The van der Waals surface area contributed by atoms with E-state index in [4.69, 9.17) is 18.8 Å². The monoisotopic (exact) mass is 667 g/mol. The highest BCUT2D eigenvalue weighted by Crippen LogP contribution is 2.51. The van der Waals surface area contributed by atoms with Crippen LogP contribution in [0.25, 0.3) is 23.3 Å². The van der Waals surface area contributed by atoms with Gasteiger partial charge in [-0.05, 0) is 83.3 Å². The number of hydrogen-bond donors (Lipinski definition) is 0. The molecule has 4 atom stereocenters. The van der Waals surface area contributed by atoms with Gasteiger partial charge in [0.25, 0.3) is 0 Å². The van der Waals surface area contributed by atoms with E-state index in [1.54, 1.807) is 18.4 Å². The number of rotatable bonds is 10. The topological polar surface area (TPSA) is 55.3 Å². The van der Waals surface area contributed by atoms with Gasteiger partial charge >= 0.3 is 0 Å². The van der Waals surface area contributed by atoms with Crippen LogP contribution >= 0.6 is 0 Å². The van der Waals surface area contributed by atoms with E-state index in [1.165, 1.54) is 39.1 Å². The van der Waals surface area contributed by atoms with Gasteiger partial charge in [0.05, 0.1) is 30.1 Å². The van der Waals surface area contributed by atoms with Crippen LogP contribution in [0.1, 0.15) is 95.1 Å². The summed E-state index contributed by atoms with van der Waals surface area (Å²) in [4.78, 5) is 12.3. The van der Waals surface area contributed by atoms with E-state index >= 15 is 0 Å². The molecule has 0 amide bonds. The maximum atomic E-state index is 6.27. The van der Waals surface area contributed by atoms with Crippen molar-refractivity contribution in [3.8, 4) is 11.1 Å². The van der Waals surface area contributed by atoms with Crippen molar-refractivity contribution in [2.45, 2.75) is 49.6 Å². The van der Waals surface area contributed by atoms with Gasteiger partial charge in [-0.15, -0.1) is 0 Å². The summed E-state index contributed by atoms with van der Waals surface area (Å²) in [7, 11) is 0. The van der Waals surface area contributed by atoms with Crippen molar-refractivity contribution in [2.75, 3.05) is 4.90 Å². The van der Waals surface area contributed by atoms with Crippen LogP contribution in [-0.4, -0.2) is 9.97 Å². The fraction of sp³-hybridized carbons (Fsp3) is 0.174. The number of aromatic nitrogens is 2. The summed E-state index contributed by atoms with van der Waals surface area (Å²) >= 11 is 0. The lowest BCUT2D eigenvalue weighted by Gasteiger charge is -2.46. The van der Waals surface area contributed by atoms with E-state index in [1.807, 2.05) is 30.5 Å². The summed E-state index contributed by atoms with van der Waals surface area (Å²) in [6.07, 6.45) is 18.5. The lowest BCUT2D eigenvalue weighted by molar-refractivity contribution is 0.373. The molecule has 0 radical (unpaired) electrons. The zero-order valence-electron chi connectivity index (χ0n) is 28.6. The molecule has 2 aromatic heterocycles. The van der Waals surface area contributed by atoms with Gasteiger partial charge < -0.3 is 13.7 Å². The Labute approximate surface area is 300 Å². The Balaban J connectivity index is 1.21. The molecule has 0 saturated carbocycles. The molecular formula is C46H41N3O2. The molecule has 5 nitrogen and oxygen atoms in total. The highest BCUT2D eigenvalue weighted by molar-refractivity contribution is 5.67. The van der Waals surface area contributed by atoms with Crippen molar-refractivity contribution in [3.63, 3.8) is 0 Å². The average molecular weight is 668 g/mol. The molecule has 8 rings (SSSR count). The second-order valence-corrected chi connectivity index (χ2v) is 13.3. The minimum absolute atomic E-state index is 0.0861. The van der Waals surface area contributed by atoms with Crippen LogP contribution in [0, 0.1) is 0 Å². The van der Waals surface area contributed by atoms with Crippen LogP contribution in [0.3, 0.4) is 0 Å². The van der Waals surface area contributed by atoms with Crippen molar-refractivity contribution in [1.82, 2.24) is 9.97 Å². The van der Waals surface area contributed by atoms with E-state index in [9.17, 15) is 0 Å². The van der Waals surface area contributed by atoms with Crippen molar-refractivity contribution in [1.29, 1.82) is 0 Å². The van der Waals surface area contributed by atoms with E-state index in [-0.39, 0.29) is 23.9 Å². The third-order valence-corrected chi connectivity index (χ3v) is 10.3. The molecular weight excluding hydrogens is 627 g/mol. The van der Waals surface area contributed by atoms with E-state index < -0.39 is 0 Å². The standard InChI is InChI=1S/C46H41N3O2/c1-3-5-16-34-31-50-46(48-34)42-27-29-44(40-21-13-11-19-38(40)42)49(35-24-22-33(23-25-35)32-14-8-7-9-15-32)43-28-26-41(37-18-10-12-20-39(37)43)45-47-30-36(51-45)17-6-4-2/h3-25,30-31,41-44H,1-2,26-29H2/b16-5-,17-6-. The number of hydrogen-bond acceptors (Lipinski definition) is 5. The molecule has 2 aliphatic carbocycles. The van der Waals surface area contributed by atoms with Gasteiger partial charge in [-0.3, -0.25) is 0 Å². The van der Waals surface area contributed by atoms with Gasteiger partial charge in [0, 0.05) is 5.69 Å². The van der Waals surface area contributed by atoms with Crippen LogP contribution in [0.4, 0.5) is 5.69 Å². The van der Waals surface area contributed by atoms with Gasteiger partial charge in [-0.25, -0.2) is 9.97 Å². The van der Waals surface area contributed by atoms with Crippen LogP contribution in [0.2, 0.25) is 0 Å². The largest absolute Gasteiger partial charge is 0.448 e. The summed E-state index contributed by atoms with van der Waals surface area (Å²) in [5.74, 6) is 2.45. The van der Waals surface area contributed by atoms with E-state index in [0.29, 0.717) is 0 Å². The molecule has 6 aromatic rings. The fourth-order valence-electron chi connectivity index (χ4n) is 8.06. The van der Waals surface area contributed by atoms with Crippen molar-refractivity contribution in [3.05, 3.63) is 199 Å². The molecule has 4 aromatic carbocycles. The van der Waals surface area contributed by atoms with Gasteiger partial charge in [-0.1, -0.05) is 128 Å². The number of nitrogens with zero attached hydrogens (tertiary/aromatic N) is 3. The first kappa shape index (κ1) is 32.3. The molecule has 0 fully saturated rings. The molecule has 252 valence electrons. The molecule has 0 saturated heterocycles. The van der Waals surface area contributed by atoms with Gasteiger partial charge in [0.2, 0.25) is 11.8 Å². The highest BCUT2D eigenvalue weighted by atomic mass is 16.4. The molecule has 0 N–H and O–H groups in total. The molecule has 0 aliphatic heterocycles. The van der Waals surface area contributed by atoms with E-state index in [0.717, 1.165) is 48.9 Å². The third-order valence-electron chi connectivity index (χ3n) is 10.3. The van der Waals surface area contributed by atoms with Gasteiger partial charge in [-0.2, -0.15) is 0 Å². The molecule has 4 unspecified atom stereocenters. The second-order valence-electron chi connectivity index (χ2n) is 13.3. The quantitative estimate of drug-likeness (QED) is 0.136. The summed E-state index contributed by atoms with van der Waals surface area (Å²) in [5, 5.41) is 0. The Morgan fingerprint density at radius 1 is 0.608 bits per heavy atom. The summed E-state index contributed by atoms with van der Waals surface area (Å²) < 4.78 is 12.4. The number of allylic oxidation sites excluding steroid dienone is 4. The zero-order chi connectivity index (χ0) is 34.6. The van der Waals surface area contributed by atoms with E-state index in [2.05, 4.69) is 121 Å². The Kier molecular flexibility index (Phi) is 9.18. The summed E-state index contributed by atoms with van der Waals surface area (Å²) in [6, 6.07) is 37.8. The second kappa shape index (κ2) is 14.5. The van der Waals surface area contributed by atoms with Crippen LogP contribution in [-0.2, 0) is 0 Å². The Hall–Kier alpha value is -5.94. The number of fused-ring (bicyclic) bond motifs is 2. The maximum Gasteiger partial charge on any atom is 0.202 e. The molecule has 5 heteroatoms. The van der Waals surface area contributed by atoms with Crippen LogP contribution in [0.15, 0.2) is 162 Å². The minimum atomic E-state index is 0.0861. The first-order valence-electron chi connectivity index (χ1n) is 17.8. The Morgan fingerprint density at radius 3 is 1.82 bits per heavy atom. The highest BCUT2D eigenvalue weighted by Gasteiger charge is 2.40. The van der Waals surface area contributed by atoms with Gasteiger partial charge in [0.15, 0.2) is 0 Å². The van der Waals surface area contributed by atoms with Crippen LogP contribution in [0.5, 0.6) is 0 Å². The fourth-order valence-corrected chi connectivity index (χ4v) is 8.06. The molecule has 2 aliphatic rings. The smallest absolute Gasteiger partial charge is 0.202 e. The predicted molar refractivity (Wildman–Crippen MR) is 206 cm³/mol. The average Bonchev–Trinajstić information content (AvgIpc) is 3.87. The van der Waals surface area contributed by atoms with Crippen molar-refractivity contribution >= 4 is 17.8 Å². The van der Waals surface area contributed by atoms with Gasteiger partial charge in [0.1, 0.15) is 17.7 Å². The van der Waals surface area contributed by atoms with Crippen LogP contribution < -0.4 is 4.90 Å². The molecule has 2 heterocycles. The lowest BCUT2D eigenvalue weighted by atomic mass is 9.75. The predicted octanol–water partition coefficient (Wildman–Crippen LogP) is 11.9. The number of oxazole rings is 2. The zero-order valence-corrected chi connectivity index (χ0v) is 28.6. The first-order chi connectivity index (χ1) is 25.2. The molecule has 0 bridgehead atoms. The molecule has 0 spiro atoms. The lowest BCUT2D eigenvalue weighted by Crippen LogP contribution is -2.38. The molecule has 51 heavy (non-hydrogen) atoms. The maximum absolute atomic E-state index is 6.27. The third kappa shape index (κ3) is 6.43. The van der Waals surface area contributed by atoms with Crippen molar-refractivity contribution in [2.24, 2.45) is 0 Å².